The molecule has 4 heteroatoms. The SMILES string of the molecule is Cc1ccc(C(=O)Nc2cccc[nH+]2)o1. The number of hydrogen-bond donors (Lipinski definition) is 1. The fourth-order valence-electron chi connectivity index (χ4n) is 1.21. The maximum Gasteiger partial charge on any atom is 0.374 e. The van der Waals surface area contributed by atoms with Gasteiger partial charge in [-0.15, -0.1) is 0 Å². The lowest BCUT2D eigenvalue weighted by molar-refractivity contribution is -0.360. The monoisotopic (exact) mass is 203 g/mol. The molecule has 2 aromatic rings. The van der Waals surface area contributed by atoms with Gasteiger partial charge < -0.3 is 4.42 Å². The van der Waals surface area contributed by atoms with Crippen molar-refractivity contribution in [1.29, 1.82) is 0 Å². The average molecular weight is 203 g/mol. The van der Waals surface area contributed by atoms with E-state index in [2.05, 4.69) is 10.3 Å². The topological polar surface area (TPSA) is 56.4 Å². The van der Waals surface area contributed by atoms with Crippen molar-refractivity contribution in [3.63, 3.8) is 0 Å². The molecule has 0 radical (unpaired) electrons. The molecule has 76 valence electrons. The summed E-state index contributed by atoms with van der Waals surface area (Å²) in [4.78, 5) is 14.5. The van der Waals surface area contributed by atoms with Crippen molar-refractivity contribution in [3.05, 3.63) is 48.0 Å². The molecule has 4 nitrogen and oxygen atoms in total. The van der Waals surface area contributed by atoms with Crippen molar-refractivity contribution >= 4 is 11.7 Å². The molecule has 2 heterocycles. The van der Waals surface area contributed by atoms with Gasteiger partial charge in [-0.1, -0.05) is 6.07 Å². The lowest BCUT2D eigenvalue weighted by Gasteiger charge is -1.93. The predicted octanol–water partition coefficient (Wildman–Crippen LogP) is 1.65. The minimum atomic E-state index is -0.259. The molecule has 0 saturated heterocycles. The second kappa shape index (κ2) is 3.96. The normalized spacial score (nSPS) is 9.93. The van der Waals surface area contributed by atoms with Gasteiger partial charge in [0.1, 0.15) is 5.76 Å². The van der Waals surface area contributed by atoms with E-state index in [1.165, 1.54) is 0 Å². The van der Waals surface area contributed by atoms with E-state index in [4.69, 9.17) is 4.42 Å². The predicted molar refractivity (Wildman–Crippen MR) is 54.4 cm³/mol. The van der Waals surface area contributed by atoms with Gasteiger partial charge in [0.05, 0.1) is 6.20 Å². The summed E-state index contributed by atoms with van der Waals surface area (Å²) in [7, 11) is 0. The highest BCUT2D eigenvalue weighted by molar-refractivity contribution is 6.01. The Balaban J connectivity index is 2.11. The molecule has 0 aromatic carbocycles. The van der Waals surface area contributed by atoms with Crippen molar-refractivity contribution in [2.45, 2.75) is 6.92 Å². The number of nitrogens with one attached hydrogen (secondary N) is 2. The number of amides is 1. The largest absolute Gasteiger partial charge is 0.454 e. The molecule has 0 saturated carbocycles. The van der Waals surface area contributed by atoms with E-state index in [0.717, 1.165) is 5.76 Å². The number of aromatic amines is 1. The summed E-state index contributed by atoms with van der Waals surface area (Å²) in [6.07, 6.45) is 1.74. The molecule has 1 amide bonds. The third-order valence-corrected chi connectivity index (χ3v) is 1.92. The quantitative estimate of drug-likeness (QED) is 0.806. The van der Waals surface area contributed by atoms with E-state index in [-0.39, 0.29) is 5.91 Å². The van der Waals surface area contributed by atoms with Crippen LogP contribution in [0.1, 0.15) is 16.3 Å². The highest BCUT2D eigenvalue weighted by Crippen LogP contribution is 2.07. The smallest absolute Gasteiger partial charge is 0.374 e. The van der Waals surface area contributed by atoms with Gasteiger partial charge >= 0.3 is 5.91 Å². The van der Waals surface area contributed by atoms with Crippen LogP contribution in [-0.4, -0.2) is 5.91 Å². The first-order valence-corrected chi connectivity index (χ1v) is 4.60. The number of anilines is 1. The Morgan fingerprint density at radius 3 is 2.80 bits per heavy atom. The lowest BCUT2D eigenvalue weighted by atomic mass is 10.4. The minimum absolute atomic E-state index is 0.259. The lowest BCUT2D eigenvalue weighted by Crippen LogP contribution is -2.18. The number of hydrogen-bond acceptors (Lipinski definition) is 2. The van der Waals surface area contributed by atoms with E-state index in [1.807, 2.05) is 12.1 Å². The number of furan rings is 1. The van der Waals surface area contributed by atoms with Crippen LogP contribution < -0.4 is 10.3 Å². The van der Waals surface area contributed by atoms with Gasteiger partial charge in [0, 0.05) is 6.07 Å². The maximum absolute atomic E-state index is 11.6. The Labute approximate surface area is 86.9 Å². The Morgan fingerprint density at radius 1 is 1.33 bits per heavy atom. The molecule has 0 aliphatic carbocycles. The molecule has 15 heavy (non-hydrogen) atoms. The van der Waals surface area contributed by atoms with Gasteiger partial charge in [-0.3, -0.25) is 0 Å². The molecule has 2 aromatic heterocycles. The molecular formula is C11H11N2O2+. The zero-order valence-electron chi connectivity index (χ0n) is 8.28. The first-order chi connectivity index (χ1) is 7.25. The van der Waals surface area contributed by atoms with E-state index in [9.17, 15) is 4.79 Å². The van der Waals surface area contributed by atoms with Gasteiger partial charge in [0.25, 0.3) is 5.82 Å². The first kappa shape index (κ1) is 9.45. The zero-order valence-corrected chi connectivity index (χ0v) is 8.28. The van der Waals surface area contributed by atoms with Crippen LogP contribution in [0.25, 0.3) is 0 Å². The van der Waals surface area contributed by atoms with E-state index >= 15 is 0 Å². The van der Waals surface area contributed by atoms with Crippen molar-refractivity contribution in [3.8, 4) is 0 Å². The Hall–Kier alpha value is -2.10. The van der Waals surface area contributed by atoms with Crippen LogP contribution in [0.5, 0.6) is 0 Å². The minimum Gasteiger partial charge on any atom is -0.454 e. The molecule has 2 rings (SSSR count). The maximum atomic E-state index is 11.6. The average Bonchev–Trinajstić information content (AvgIpc) is 2.66. The van der Waals surface area contributed by atoms with Crippen LogP contribution in [0.4, 0.5) is 5.82 Å². The third kappa shape index (κ3) is 2.22. The van der Waals surface area contributed by atoms with Crippen molar-refractivity contribution in [1.82, 2.24) is 0 Å². The van der Waals surface area contributed by atoms with Gasteiger partial charge in [-0.2, -0.15) is 0 Å². The summed E-state index contributed by atoms with van der Waals surface area (Å²) < 4.78 is 5.19. The van der Waals surface area contributed by atoms with E-state index in [1.54, 1.807) is 31.3 Å². The van der Waals surface area contributed by atoms with Gasteiger partial charge in [0.2, 0.25) is 5.76 Å². The van der Waals surface area contributed by atoms with Gasteiger partial charge in [-0.25, -0.2) is 15.1 Å². The zero-order chi connectivity index (χ0) is 10.7. The first-order valence-electron chi connectivity index (χ1n) is 4.60. The third-order valence-electron chi connectivity index (χ3n) is 1.92. The van der Waals surface area contributed by atoms with E-state index in [0.29, 0.717) is 11.6 Å². The van der Waals surface area contributed by atoms with Crippen molar-refractivity contribution in [2.24, 2.45) is 0 Å². The molecule has 2 N–H and O–H groups in total. The molecular weight excluding hydrogens is 192 g/mol. The second-order valence-corrected chi connectivity index (χ2v) is 3.14. The molecule has 0 spiro atoms. The van der Waals surface area contributed by atoms with Crippen LogP contribution in [0.15, 0.2) is 40.9 Å². The summed E-state index contributed by atoms with van der Waals surface area (Å²) >= 11 is 0. The summed E-state index contributed by atoms with van der Waals surface area (Å²) in [6.45, 7) is 1.80. The molecule has 0 aliphatic heterocycles. The molecule has 0 aliphatic rings. The summed E-state index contributed by atoms with van der Waals surface area (Å²) in [6, 6.07) is 8.84. The van der Waals surface area contributed by atoms with Gasteiger partial charge in [0.15, 0.2) is 0 Å². The fraction of sp³-hybridized carbons (Fsp3) is 0.0909. The number of H-pyrrole nitrogens is 1. The summed E-state index contributed by atoms with van der Waals surface area (Å²) in [5, 5.41) is 2.68. The van der Waals surface area contributed by atoms with Crippen molar-refractivity contribution in [2.75, 3.05) is 5.32 Å². The van der Waals surface area contributed by atoms with Gasteiger partial charge in [-0.05, 0) is 25.1 Å². The van der Waals surface area contributed by atoms with Crippen LogP contribution >= 0.6 is 0 Å². The highest BCUT2D eigenvalue weighted by atomic mass is 16.3. The number of carbonyl (C=O) groups excluding carboxylic acids is 1. The van der Waals surface area contributed by atoms with Crippen molar-refractivity contribution < 1.29 is 14.2 Å². The Bertz CT molecular complexity index is 462. The number of aromatic nitrogens is 1. The molecule has 0 fully saturated rings. The molecule has 0 unspecified atom stereocenters. The number of rotatable bonds is 2. The number of pyridine rings is 1. The number of aryl methyl sites for hydroxylation is 1. The summed E-state index contributed by atoms with van der Waals surface area (Å²) in [5.41, 5.74) is 0. The van der Waals surface area contributed by atoms with Crippen LogP contribution in [0, 0.1) is 6.92 Å². The fourth-order valence-corrected chi connectivity index (χ4v) is 1.21. The Morgan fingerprint density at radius 2 is 2.20 bits per heavy atom. The van der Waals surface area contributed by atoms with Crippen LogP contribution in [0.2, 0.25) is 0 Å². The van der Waals surface area contributed by atoms with E-state index < -0.39 is 0 Å². The molecule has 0 bridgehead atoms. The Kier molecular flexibility index (Phi) is 2.49. The molecule has 0 atom stereocenters. The van der Waals surface area contributed by atoms with Crippen LogP contribution in [0.3, 0.4) is 0 Å². The van der Waals surface area contributed by atoms with Crippen LogP contribution in [-0.2, 0) is 0 Å². The second-order valence-electron chi connectivity index (χ2n) is 3.14. The summed E-state index contributed by atoms with van der Waals surface area (Å²) in [5.74, 6) is 1.41. The highest BCUT2D eigenvalue weighted by Gasteiger charge is 2.15. The standard InChI is InChI=1S/C11H10N2O2/c1-8-5-6-9(15-8)11(14)13-10-4-2-3-7-12-10/h2-7H,1H3,(H,12,13,14)/p+1. The number of carbonyl (C=O) groups is 1.